The predicted molar refractivity (Wildman–Crippen MR) is 99.4 cm³/mol. The Morgan fingerprint density at radius 2 is 1.74 bits per heavy atom. The van der Waals surface area contributed by atoms with Crippen molar-refractivity contribution in [1.29, 1.82) is 0 Å². The Hall–Kier alpha value is -2.86. The second-order valence-corrected chi connectivity index (χ2v) is 7.00. The zero-order chi connectivity index (χ0) is 19.0. The summed E-state index contributed by atoms with van der Waals surface area (Å²) in [5, 5.41) is 12.7. The molecule has 0 radical (unpaired) electrons. The Morgan fingerprint density at radius 3 is 2.44 bits per heavy atom. The molecule has 2 amide bonds. The molecule has 0 fully saturated rings. The molecular formula is C21H22N2O4. The van der Waals surface area contributed by atoms with Crippen LogP contribution in [0, 0.1) is 0 Å². The zero-order valence-corrected chi connectivity index (χ0v) is 15.1. The quantitative estimate of drug-likeness (QED) is 0.875. The van der Waals surface area contributed by atoms with Crippen molar-refractivity contribution in [2.24, 2.45) is 0 Å². The van der Waals surface area contributed by atoms with Crippen molar-refractivity contribution in [1.82, 2.24) is 10.2 Å². The van der Waals surface area contributed by atoms with E-state index in [0.717, 1.165) is 22.3 Å². The Kier molecular flexibility index (Phi) is 4.58. The van der Waals surface area contributed by atoms with Crippen molar-refractivity contribution in [3.63, 3.8) is 0 Å². The summed E-state index contributed by atoms with van der Waals surface area (Å²) in [6.07, 6.45) is -0.0335. The lowest BCUT2D eigenvalue weighted by molar-refractivity contribution is -0.128. The van der Waals surface area contributed by atoms with Crippen LogP contribution in [0.3, 0.4) is 0 Å². The number of amides is 2. The maximum Gasteiger partial charge on any atom is 0.408 e. The highest BCUT2D eigenvalue weighted by molar-refractivity contribution is 5.87. The number of hydrogen-bond acceptors (Lipinski definition) is 3. The van der Waals surface area contributed by atoms with Gasteiger partial charge in [0.1, 0.15) is 12.1 Å². The summed E-state index contributed by atoms with van der Waals surface area (Å²) in [4.78, 5) is 26.1. The second kappa shape index (κ2) is 7.04. The molecule has 140 valence electrons. The van der Waals surface area contributed by atoms with Crippen molar-refractivity contribution in [2.75, 3.05) is 13.7 Å². The molecule has 0 spiro atoms. The molecule has 27 heavy (non-hydrogen) atoms. The minimum absolute atomic E-state index is 0.218. The van der Waals surface area contributed by atoms with E-state index in [2.05, 4.69) is 5.32 Å². The first kappa shape index (κ1) is 17.5. The van der Waals surface area contributed by atoms with E-state index in [4.69, 9.17) is 4.74 Å². The van der Waals surface area contributed by atoms with Crippen molar-refractivity contribution in [3.8, 4) is 0 Å². The van der Waals surface area contributed by atoms with Gasteiger partial charge in [-0.1, -0.05) is 48.5 Å². The number of carboxylic acid groups (broad SMARTS) is 1. The highest BCUT2D eigenvalue weighted by Crippen LogP contribution is 2.35. The lowest BCUT2D eigenvalue weighted by Gasteiger charge is -2.35. The monoisotopic (exact) mass is 366 g/mol. The van der Waals surface area contributed by atoms with E-state index in [1.165, 1.54) is 4.90 Å². The first-order chi connectivity index (χ1) is 13.1. The average Bonchev–Trinajstić information content (AvgIpc) is 3.03. The molecule has 3 atom stereocenters. The van der Waals surface area contributed by atoms with Crippen LogP contribution in [-0.2, 0) is 22.4 Å². The van der Waals surface area contributed by atoms with Crippen molar-refractivity contribution >= 4 is 12.0 Å². The molecule has 2 N–H and O–H groups in total. The third-order valence-corrected chi connectivity index (χ3v) is 5.53. The molecule has 0 aromatic heterocycles. The van der Waals surface area contributed by atoms with Gasteiger partial charge in [-0.05, 0) is 35.1 Å². The number of nitrogens with zero attached hydrogens (tertiary/aromatic N) is 1. The number of rotatable bonds is 3. The number of fused-ring (bicyclic) bond motifs is 2. The Labute approximate surface area is 157 Å². The number of methoxy groups -OCH3 is 1. The van der Waals surface area contributed by atoms with E-state index >= 15 is 0 Å². The molecule has 4 rings (SSSR count). The van der Waals surface area contributed by atoms with Crippen LogP contribution in [-0.4, -0.2) is 41.7 Å². The molecule has 1 aliphatic carbocycles. The van der Waals surface area contributed by atoms with Crippen molar-refractivity contribution in [2.45, 2.75) is 31.0 Å². The van der Waals surface area contributed by atoms with Gasteiger partial charge in [0, 0.05) is 13.7 Å². The summed E-state index contributed by atoms with van der Waals surface area (Å²) in [6, 6.07) is 14.5. The van der Waals surface area contributed by atoms with Gasteiger partial charge in [0.25, 0.3) is 0 Å². The first-order valence-corrected chi connectivity index (χ1v) is 9.08. The van der Waals surface area contributed by atoms with E-state index in [1.54, 1.807) is 7.11 Å². The van der Waals surface area contributed by atoms with Crippen LogP contribution in [0.4, 0.5) is 4.79 Å². The Bertz CT molecular complexity index is 882. The fourth-order valence-corrected chi connectivity index (χ4v) is 4.29. The number of benzene rings is 2. The molecule has 6 nitrogen and oxygen atoms in total. The van der Waals surface area contributed by atoms with E-state index in [-0.39, 0.29) is 18.1 Å². The molecular weight excluding hydrogens is 344 g/mol. The van der Waals surface area contributed by atoms with E-state index in [1.807, 2.05) is 48.5 Å². The van der Waals surface area contributed by atoms with Crippen molar-refractivity contribution in [3.05, 3.63) is 70.8 Å². The van der Waals surface area contributed by atoms with Gasteiger partial charge in [-0.3, -0.25) is 9.69 Å². The largest absolute Gasteiger partial charge is 0.465 e. The van der Waals surface area contributed by atoms with Gasteiger partial charge >= 0.3 is 6.09 Å². The van der Waals surface area contributed by atoms with Crippen LogP contribution < -0.4 is 5.32 Å². The van der Waals surface area contributed by atoms with Crippen LogP contribution in [0.15, 0.2) is 48.5 Å². The lowest BCUT2D eigenvalue weighted by Crippen LogP contribution is -2.49. The summed E-state index contributed by atoms with van der Waals surface area (Å²) in [7, 11) is 1.63. The SMILES string of the molecule is COC1c2ccccc2CC1NC(=O)C1c2ccccc2CCN1C(=O)O. The van der Waals surface area contributed by atoms with Crippen LogP contribution in [0.1, 0.15) is 34.4 Å². The highest BCUT2D eigenvalue weighted by atomic mass is 16.5. The van der Waals surface area contributed by atoms with Crippen LogP contribution in [0.25, 0.3) is 0 Å². The summed E-state index contributed by atoms with van der Waals surface area (Å²) in [5.74, 6) is -0.301. The van der Waals surface area contributed by atoms with Crippen LogP contribution in [0.2, 0.25) is 0 Å². The third-order valence-electron chi connectivity index (χ3n) is 5.53. The molecule has 0 saturated carbocycles. The average molecular weight is 366 g/mol. The number of carbonyl (C=O) groups excluding carboxylic acids is 1. The first-order valence-electron chi connectivity index (χ1n) is 9.08. The second-order valence-electron chi connectivity index (χ2n) is 7.00. The molecule has 1 aliphatic heterocycles. The van der Waals surface area contributed by atoms with Gasteiger partial charge in [-0.2, -0.15) is 0 Å². The van der Waals surface area contributed by atoms with Gasteiger partial charge in [0.15, 0.2) is 0 Å². The Morgan fingerprint density at radius 1 is 1.07 bits per heavy atom. The van der Waals surface area contributed by atoms with Gasteiger partial charge in [0.05, 0.1) is 6.04 Å². The van der Waals surface area contributed by atoms with Gasteiger partial charge in [-0.15, -0.1) is 0 Å². The van der Waals surface area contributed by atoms with Crippen molar-refractivity contribution < 1.29 is 19.4 Å². The summed E-state index contributed by atoms with van der Waals surface area (Å²) in [6.45, 7) is 0.309. The van der Waals surface area contributed by atoms with Gasteiger partial charge in [-0.25, -0.2) is 4.79 Å². The summed E-state index contributed by atoms with van der Waals surface area (Å²) < 4.78 is 5.64. The third kappa shape index (κ3) is 3.06. The number of carbonyl (C=O) groups is 2. The number of nitrogens with one attached hydrogen (secondary N) is 1. The van der Waals surface area contributed by atoms with E-state index < -0.39 is 12.1 Å². The number of hydrogen-bond donors (Lipinski definition) is 2. The van der Waals surface area contributed by atoms with E-state index in [9.17, 15) is 14.7 Å². The summed E-state index contributed by atoms with van der Waals surface area (Å²) in [5.41, 5.74) is 4.00. The van der Waals surface area contributed by atoms with Gasteiger partial charge < -0.3 is 15.2 Å². The van der Waals surface area contributed by atoms with Gasteiger partial charge in [0.2, 0.25) is 5.91 Å². The molecule has 2 aromatic carbocycles. The molecule has 3 unspecified atom stereocenters. The molecule has 6 heteroatoms. The minimum Gasteiger partial charge on any atom is -0.465 e. The van der Waals surface area contributed by atoms with E-state index in [0.29, 0.717) is 19.4 Å². The fourth-order valence-electron chi connectivity index (χ4n) is 4.29. The topological polar surface area (TPSA) is 78.9 Å². The summed E-state index contributed by atoms with van der Waals surface area (Å²) >= 11 is 0. The standard InChI is InChI=1S/C21H22N2O4/c1-27-19-16-9-5-3-7-14(16)12-17(19)22-20(24)18-15-8-4-2-6-13(15)10-11-23(18)21(25)26/h2-9,17-19H,10-12H2,1H3,(H,22,24)(H,25,26). The van der Waals surface area contributed by atoms with Crippen LogP contribution >= 0.6 is 0 Å². The maximum absolute atomic E-state index is 13.2. The smallest absolute Gasteiger partial charge is 0.408 e. The minimum atomic E-state index is -1.08. The molecule has 0 bridgehead atoms. The Balaban J connectivity index is 1.61. The molecule has 1 heterocycles. The molecule has 2 aliphatic rings. The maximum atomic E-state index is 13.2. The lowest BCUT2D eigenvalue weighted by atomic mass is 9.92. The molecule has 0 saturated heterocycles. The predicted octanol–water partition coefficient (Wildman–Crippen LogP) is 2.69. The fraction of sp³-hybridized carbons (Fsp3) is 0.333. The molecule has 2 aromatic rings. The zero-order valence-electron chi connectivity index (χ0n) is 15.1. The normalized spacial score (nSPS) is 23.4. The number of ether oxygens (including phenoxy) is 1. The highest BCUT2D eigenvalue weighted by Gasteiger charge is 2.39. The van der Waals surface area contributed by atoms with Crippen LogP contribution in [0.5, 0.6) is 0 Å².